The molecule has 4 rings (SSSR count). The Morgan fingerprint density at radius 3 is 2.56 bits per heavy atom. The molecule has 0 spiro atoms. The van der Waals surface area contributed by atoms with E-state index >= 15 is 0 Å². The Morgan fingerprint density at radius 1 is 1.00 bits per heavy atom. The number of anilines is 2. The number of carbonyl (C=O) groups excluding carboxylic acids is 1. The van der Waals surface area contributed by atoms with E-state index in [1.54, 1.807) is 30.7 Å². The number of carbonyl (C=O) groups is 1. The third kappa shape index (κ3) is 3.44. The number of rotatable bonds is 5. The molecule has 1 aliphatic heterocycles. The molecule has 5 heteroatoms. The van der Waals surface area contributed by atoms with Gasteiger partial charge in [0.25, 0.3) is 0 Å². The van der Waals surface area contributed by atoms with Gasteiger partial charge in [-0.3, -0.25) is 9.78 Å². The highest BCUT2D eigenvalue weighted by Gasteiger charge is 2.29. The van der Waals surface area contributed by atoms with E-state index in [1.807, 2.05) is 47.4 Å². The van der Waals surface area contributed by atoms with Crippen molar-refractivity contribution in [2.45, 2.75) is 12.8 Å². The Kier molecular flexibility index (Phi) is 4.66. The molecular weight excluding hydrogens is 338 g/mol. The summed E-state index contributed by atoms with van der Waals surface area (Å²) in [5, 5.41) is 10.7. The number of aromatic nitrogens is 2. The molecule has 1 aliphatic rings. The lowest BCUT2D eigenvalue weighted by Gasteiger charge is -2.31. The first kappa shape index (κ1) is 17.0. The summed E-state index contributed by atoms with van der Waals surface area (Å²) in [5.41, 5.74) is 2.99. The molecule has 1 N–H and O–H groups in total. The molecule has 0 fully saturated rings. The van der Waals surface area contributed by atoms with E-state index in [0.29, 0.717) is 36.3 Å². The molecule has 0 amide bonds. The molecular formula is C22H19N3O2. The largest absolute Gasteiger partial charge is 0.507 e. The van der Waals surface area contributed by atoms with Crippen LogP contribution in [-0.2, 0) is 11.2 Å². The zero-order valence-corrected chi connectivity index (χ0v) is 14.7. The quantitative estimate of drug-likeness (QED) is 0.745. The van der Waals surface area contributed by atoms with E-state index in [0.717, 1.165) is 11.3 Å². The van der Waals surface area contributed by atoms with Gasteiger partial charge in [0.1, 0.15) is 11.6 Å². The molecule has 3 aromatic rings. The second-order valence-corrected chi connectivity index (χ2v) is 6.40. The number of hydrogen-bond donors (Lipinski definition) is 1. The first-order valence-electron chi connectivity index (χ1n) is 8.86. The topological polar surface area (TPSA) is 66.3 Å². The maximum Gasteiger partial charge on any atom is 0.164 e. The van der Waals surface area contributed by atoms with Crippen LogP contribution in [0.3, 0.4) is 0 Å². The molecule has 0 bridgehead atoms. The van der Waals surface area contributed by atoms with Crippen LogP contribution >= 0.6 is 0 Å². The standard InChI is InChI=1S/C22H19N3O2/c26-20(9-8-16-10-13-23-14-11-16)19-15-25(17-5-2-1-3-6-17)22-18(21(19)27)7-4-12-24-22/h1-7,10-14,27H,8-9,15H2. The van der Waals surface area contributed by atoms with Crippen LogP contribution in [0.15, 0.2) is 78.8 Å². The minimum atomic E-state index is -0.0558. The average Bonchev–Trinajstić information content (AvgIpc) is 2.74. The summed E-state index contributed by atoms with van der Waals surface area (Å²) < 4.78 is 0. The fourth-order valence-corrected chi connectivity index (χ4v) is 3.27. The predicted molar refractivity (Wildman–Crippen MR) is 105 cm³/mol. The van der Waals surface area contributed by atoms with Gasteiger partial charge in [0.2, 0.25) is 0 Å². The van der Waals surface area contributed by atoms with Gasteiger partial charge < -0.3 is 10.0 Å². The molecule has 134 valence electrons. The van der Waals surface area contributed by atoms with Crippen molar-refractivity contribution in [3.63, 3.8) is 0 Å². The van der Waals surface area contributed by atoms with E-state index in [2.05, 4.69) is 9.97 Å². The fraction of sp³-hybridized carbons (Fsp3) is 0.136. The van der Waals surface area contributed by atoms with Crippen LogP contribution in [-0.4, -0.2) is 27.4 Å². The summed E-state index contributed by atoms with van der Waals surface area (Å²) in [4.78, 5) is 23.3. The normalized spacial score (nSPS) is 13.4. The number of para-hydroxylation sites is 1. The number of aliphatic hydroxyl groups excluding tert-OH is 1. The Labute approximate surface area is 157 Å². The maximum atomic E-state index is 12.9. The van der Waals surface area contributed by atoms with Crippen LogP contribution < -0.4 is 4.90 Å². The van der Waals surface area contributed by atoms with Crippen LogP contribution in [0.4, 0.5) is 11.5 Å². The lowest BCUT2D eigenvalue weighted by Crippen LogP contribution is -2.30. The van der Waals surface area contributed by atoms with Gasteiger partial charge in [-0.1, -0.05) is 18.2 Å². The van der Waals surface area contributed by atoms with Gasteiger partial charge >= 0.3 is 0 Å². The van der Waals surface area contributed by atoms with E-state index in [1.165, 1.54) is 0 Å². The molecule has 27 heavy (non-hydrogen) atoms. The minimum Gasteiger partial charge on any atom is -0.507 e. The highest BCUT2D eigenvalue weighted by Crippen LogP contribution is 2.36. The molecule has 3 heterocycles. The molecule has 0 aliphatic carbocycles. The third-order valence-corrected chi connectivity index (χ3v) is 4.69. The molecule has 0 saturated heterocycles. The van der Waals surface area contributed by atoms with Crippen molar-refractivity contribution in [1.29, 1.82) is 0 Å². The molecule has 5 nitrogen and oxygen atoms in total. The van der Waals surface area contributed by atoms with Gasteiger partial charge in [-0.25, -0.2) is 4.98 Å². The van der Waals surface area contributed by atoms with Crippen molar-refractivity contribution in [2.75, 3.05) is 11.4 Å². The number of fused-ring (bicyclic) bond motifs is 1. The van der Waals surface area contributed by atoms with E-state index < -0.39 is 0 Å². The molecule has 1 aromatic carbocycles. The van der Waals surface area contributed by atoms with Crippen LogP contribution in [0.2, 0.25) is 0 Å². The van der Waals surface area contributed by atoms with Crippen molar-refractivity contribution in [1.82, 2.24) is 9.97 Å². The van der Waals surface area contributed by atoms with Crippen molar-refractivity contribution in [3.05, 3.63) is 89.9 Å². The lowest BCUT2D eigenvalue weighted by atomic mass is 9.96. The first-order valence-corrected chi connectivity index (χ1v) is 8.86. The molecule has 2 aromatic heterocycles. The minimum absolute atomic E-state index is 0.0324. The number of aryl methyl sites for hydroxylation is 1. The summed E-state index contributed by atoms with van der Waals surface area (Å²) in [6, 6.07) is 17.1. The summed E-state index contributed by atoms with van der Waals surface area (Å²) >= 11 is 0. The third-order valence-electron chi connectivity index (χ3n) is 4.69. The summed E-state index contributed by atoms with van der Waals surface area (Å²) in [5.74, 6) is 0.636. The van der Waals surface area contributed by atoms with Gasteiger partial charge in [0.05, 0.1) is 17.7 Å². The van der Waals surface area contributed by atoms with Gasteiger partial charge in [-0.2, -0.15) is 0 Å². The van der Waals surface area contributed by atoms with Crippen molar-refractivity contribution < 1.29 is 9.90 Å². The van der Waals surface area contributed by atoms with E-state index in [-0.39, 0.29) is 11.5 Å². The van der Waals surface area contributed by atoms with Crippen LogP contribution in [0.1, 0.15) is 17.5 Å². The SMILES string of the molecule is O=C(CCc1ccncc1)C1=C(O)c2cccnc2N(c2ccccc2)C1. The Hall–Kier alpha value is -3.47. The average molecular weight is 357 g/mol. The first-order chi connectivity index (χ1) is 13.2. The highest BCUT2D eigenvalue weighted by atomic mass is 16.3. The number of ketones is 1. The van der Waals surface area contributed by atoms with Crippen molar-refractivity contribution in [3.8, 4) is 0 Å². The molecule has 0 atom stereocenters. The van der Waals surface area contributed by atoms with Crippen molar-refractivity contribution >= 4 is 23.0 Å². The second-order valence-electron chi connectivity index (χ2n) is 6.40. The fourth-order valence-electron chi connectivity index (χ4n) is 3.27. The lowest BCUT2D eigenvalue weighted by molar-refractivity contribution is -0.115. The summed E-state index contributed by atoms with van der Waals surface area (Å²) in [6.45, 7) is 0.301. The van der Waals surface area contributed by atoms with E-state index in [9.17, 15) is 9.90 Å². The number of aliphatic hydroxyl groups is 1. The summed E-state index contributed by atoms with van der Waals surface area (Å²) in [6.07, 6.45) is 6.08. The molecule has 0 radical (unpaired) electrons. The summed E-state index contributed by atoms with van der Waals surface area (Å²) in [7, 11) is 0. The zero-order chi connectivity index (χ0) is 18.6. The van der Waals surface area contributed by atoms with E-state index in [4.69, 9.17) is 0 Å². The van der Waals surface area contributed by atoms with Gasteiger partial charge in [-0.05, 0) is 48.4 Å². The monoisotopic (exact) mass is 357 g/mol. The number of hydrogen-bond acceptors (Lipinski definition) is 5. The van der Waals surface area contributed by atoms with Crippen LogP contribution in [0.25, 0.3) is 5.76 Å². The maximum absolute atomic E-state index is 12.9. The molecule has 0 unspecified atom stereocenters. The smallest absolute Gasteiger partial charge is 0.164 e. The van der Waals surface area contributed by atoms with Crippen LogP contribution in [0, 0.1) is 0 Å². The Morgan fingerprint density at radius 2 is 1.78 bits per heavy atom. The van der Waals surface area contributed by atoms with Gasteiger partial charge in [-0.15, -0.1) is 0 Å². The van der Waals surface area contributed by atoms with Crippen molar-refractivity contribution in [2.24, 2.45) is 0 Å². The highest BCUT2D eigenvalue weighted by molar-refractivity contribution is 6.04. The number of pyridine rings is 2. The zero-order valence-electron chi connectivity index (χ0n) is 14.7. The Balaban J connectivity index is 1.65. The number of nitrogens with zero attached hydrogens (tertiary/aromatic N) is 3. The second kappa shape index (κ2) is 7.41. The Bertz CT molecular complexity index is 985. The van der Waals surface area contributed by atoms with Gasteiger partial charge in [0.15, 0.2) is 5.78 Å². The number of Topliss-reactive ketones (excluding diaryl/α,β-unsaturated/α-hetero) is 1. The van der Waals surface area contributed by atoms with Crippen LogP contribution in [0.5, 0.6) is 0 Å². The number of benzene rings is 1. The molecule has 0 saturated carbocycles. The predicted octanol–water partition coefficient (Wildman–Crippen LogP) is 4.10. The van der Waals surface area contributed by atoms with Gasteiger partial charge in [0, 0.05) is 30.7 Å².